The summed E-state index contributed by atoms with van der Waals surface area (Å²) in [6.45, 7) is 3.73. The van der Waals surface area contributed by atoms with Gasteiger partial charge in [0.15, 0.2) is 0 Å². The maximum Gasteiger partial charge on any atom is 0.253 e. The van der Waals surface area contributed by atoms with E-state index in [-0.39, 0.29) is 11.7 Å². The van der Waals surface area contributed by atoms with Crippen LogP contribution in [0.5, 0.6) is 0 Å². The zero-order valence-corrected chi connectivity index (χ0v) is 16.2. The molecule has 0 aromatic heterocycles. The van der Waals surface area contributed by atoms with Gasteiger partial charge in [0, 0.05) is 49.7 Å². The van der Waals surface area contributed by atoms with Crippen molar-refractivity contribution in [1.82, 2.24) is 4.90 Å². The second kappa shape index (κ2) is 8.78. The van der Waals surface area contributed by atoms with Crippen LogP contribution in [0, 0.1) is 5.82 Å². The van der Waals surface area contributed by atoms with Crippen LogP contribution in [0.15, 0.2) is 78.9 Å². The summed E-state index contributed by atoms with van der Waals surface area (Å²) in [7, 11) is 0. The smallest absolute Gasteiger partial charge is 0.253 e. The van der Waals surface area contributed by atoms with Crippen LogP contribution in [-0.2, 0) is 6.54 Å². The highest BCUT2D eigenvalue weighted by Gasteiger charge is 2.22. The van der Waals surface area contributed by atoms with E-state index in [2.05, 4.69) is 22.3 Å². The molecule has 1 heterocycles. The number of amides is 1. The number of carbonyl (C=O) groups is 1. The fourth-order valence-corrected chi connectivity index (χ4v) is 3.53. The van der Waals surface area contributed by atoms with Crippen molar-refractivity contribution in [2.75, 3.05) is 36.4 Å². The van der Waals surface area contributed by atoms with Crippen LogP contribution in [0.2, 0.25) is 0 Å². The Kier molecular flexibility index (Phi) is 5.75. The number of nitrogens with one attached hydrogen (secondary N) is 1. The summed E-state index contributed by atoms with van der Waals surface area (Å²) in [5.41, 5.74) is 3.84. The van der Waals surface area contributed by atoms with E-state index in [0.29, 0.717) is 12.1 Å². The van der Waals surface area contributed by atoms with E-state index < -0.39 is 0 Å². The minimum absolute atomic E-state index is 0.0720. The molecule has 1 saturated heterocycles. The van der Waals surface area contributed by atoms with Crippen LogP contribution in [0.1, 0.15) is 15.9 Å². The Labute approximate surface area is 170 Å². The summed E-state index contributed by atoms with van der Waals surface area (Å²) in [6, 6.07) is 24.3. The third-order valence-electron chi connectivity index (χ3n) is 5.23. The normalized spacial score (nSPS) is 14.0. The molecule has 5 heteroatoms. The Balaban J connectivity index is 1.31. The van der Waals surface area contributed by atoms with Gasteiger partial charge in [0.1, 0.15) is 5.82 Å². The largest absolute Gasteiger partial charge is 0.381 e. The predicted molar refractivity (Wildman–Crippen MR) is 115 cm³/mol. The number of carbonyl (C=O) groups excluding carboxylic acids is 1. The highest BCUT2D eigenvalue weighted by Crippen LogP contribution is 2.18. The van der Waals surface area contributed by atoms with Gasteiger partial charge in [0.05, 0.1) is 0 Å². The summed E-state index contributed by atoms with van der Waals surface area (Å²) in [6.07, 6.45) is 0. The molecule has 0 bridgehead atoms. The lowest BCUT2D eigenvalue weighted by Crippen LogP contribution is -2.48. The summed E-state index contributed by atoms with van der Waals surface area (Å²) >= 11 is 0. The third-order valence-corrected chi connectivity index (χ3v) is 5.23. The first-order chi connectivity index (χ1) is 14.2. The molecule has 148 valence electrons. The fraction of sp³-hybridized carbons (Fsp3) is 0.208. The van der Waals surface area contributed by atoms with Gasteiger partial charge in [-0.25, -0.2) is 4.39 Å². The molecule has 3 aromatic rings. The van der Waals surface area contributed by atoms with Crippen LogP contribution in [-0.4, -0.2) is 37.0 Å². The van der Waals surface area contributed by atoms with Gasteiger partial charge in [-0.1, -0.05) is 30.3 Å². The second-order valence-corrected chi connectivity index (χ2v) is 7.17. The first-order valence-corrected chi connectivity index (χ1v) is 9.87. The van der Waals surface area contributed by atoms with E-state index >= 15 is 0 Å². The highest BCUT2D eigenvalue weighted by atomic mass is 19.1. The molecule has 0 radical (unpaired) electrons. The number of piperazine rings is 1. The average molecular weight is 389 g/mol. The Morgan fingerprint density at radius 1 is 0.828 bits per heavy atom. The average Bonchev–Trinajstić information content (AvgIpc) is 2.79. The van der Waals surface area contributed by atoms with E-state index in [1.807, 2.05) is 47.4 Å². The van der Waals surface area contributed by atoms with Crippen LogP contribution < -0.4 is 10.2 Å². The van der Waals surface area contributed by atoms with E-state index in [1.54, 1.807) is 12.1 Å². The molecule has 0 unspecified atom stereocenters. The topological polar surface area (TPSA) is 35.6 Å². The van der Waals surface area contributed by atoms with E-state index in [0.717, 1.165) is 37.4 Å². The minimum atomic E-state index is -0.235. The molecule has 29 heavy (non-hydrogen) atoms. The molecule has 0 aliphatic carbocycles. The number of hydrogen-bond acceptors (Lipinski definition) is 3. The first kappa shape index (κ1) is 19.0. The van der Waals surface area contributed by atoms with Crippen molar-refractivity contribution in [2.45, 2.75) is 6.54 Å². The second-order valence-electron chi connectivity index (χ2n) is 7.17. The molecule has 0 spiro atoms. The Bertz CT molecular complexity index is 934. The SMILES string of the molecule is O=C(c1ccc(NCc2ccc(F)cc2)cc1)N1CCN(c2ccccc2)CC1. The molecule has 1 fully saturated rings. The van der Waals surface area contributed by atoms with Gasteiger partial charge in [0.25, 0.3) is 5.91 Å². The molecule has 1 aliphatic heterocycles. The van der Waals surface area contributed by atoms with Crippen molar-refractivity contribution in [2.24, 2.45) is 0 Å². The summed E-state index contributed by atoms with van der Waals surface area (Å²) in [5.74, 6) is -0.163. The van der Waals surface area contributed by atoms with E-state index in [9.17, 15) is 9.18 Å². The number of halogens is 1. The third kappa shape index (κ3) is 4.74. The highest BCUT2D eigenvalue weighted by molar-refractivity contribution is 5.94. The lowest BCUT2D eigenvalue weighted by Gasteiger charge is -2.36. The molecule has 0 atom stereocenters. The lowest BCUT2D eigenvalue weighted by molar-refractivity contribution is 0.0747. The van der Waals surface area contributed by atoms with Gasteiger partial charge in [-0.15, -0.1) is 0 Å². The zero-order valence-electron chi connectivity index (χ0n) is 16.2. The molecule has 4 nitrogen and oxygen atoms in total. The number of nitrogens with zero attached hydrogens (tertiary/aromatic N) is 2. The number of para-hydroxylation sites is 1. The van der Waals surface area contributed by atoms with Crippen molar-refractivity contribution >= 4 is 17.3 Å². The van der Waals surface area contributed by atoms with Gasteiger partial charge >= 0.3 is 0 Å². The maximum absolute atomic E-state index is 13.0. The van der Waals surface area contributed by atoms with Gasteiger partial charge in [-0.3, -0.25) is 4.79 Å². The molecule has 1 N–H and O–H groups in total. The number of hydrogen-bond donors (Lipinski definition) is 1. The van der Waals surface area contributed by atoms with Gasteiger partial charge in [-0.2, -0.15) is 0 Å². The van der Waals surface area contributed by atoms with Crippen LogP contribution in [0.4, 0.5) is 15.8 Å². The number of benzene rings is 3. The van der Waals surface area contributed by atoms with Crippen molar-refractivity contribution in [3.63, 3.8) is 0 Å². The van der Waals surface area contributed by atoms with Crippen LogP contribution in [0.3, 0.4) is 0 Å². The Morgan fingerprint density at radius 3 is 2.14 bits per heavy atom. The van der Waals surface area contributed by atoms with Crippen molar-refractivity contribution in [3.05, 3.63) is 95.8 Å². The number of rotatable bonds is 5. The Hall–Kier alpha value is -3.34. The van der Waals surface area contributed by atoms with E-state index in [1.165, 1.54) is 17.8 Å². The first-order valence-electron chi connectivity index (χ1n) is 9.87. The molecule has 0 saturated carbocycles. The zero-order chi connectivity index (χ0) is 20.1. The fourth-order valence-electron chi connectivity index (χ4n) is 3.53. The standard InChI is InChI=1S/C24H24FN3O/c25-21-10-6-19(7-11-21)18-26-22-12-8-20(9-13-22)24(29)28-16-14-27(15-17-28)23-4-2-1-3-5-23/h1-13,26H,14-18H2. The molecule has 4 rings (SSSR count). The molecular formula is C24H24FN3O. The summed E-state index contributed by atoms with van der Waals surface area (Å²) in [5, 5.41) is 3.30. The van der Waals surface area contributed by atoms with Crippen molar-refractivity contribution < 1.29 is 9.18 Å². The summed E-state index contributed by atoms with van der Waals surface area (Å²) < 4.78 is 13.0. The Morgan fingerprint density at radius 2 is 1.48 bits per heavy atom. The van der Waals surface area contributed by atoms with Crippen LogP contribution >= 0.6 is 0 Å². The van der Waals surface area contributed by atoms with Gasteiger partial charge in [0.2, 0.25) is 0 Å². The predicted octanol–water partition coefficient (Wildman–Crippen LogP) is 4.40. The van der Waals surface area contributed by atoms with Gasteiger partial charge in [-0.05, 0) is 54.1 Å². The molecule has 1 amide bonds. The maximum atomic E-state index is 13.0. The van der Waals surface area contributed by atoms with E-state index in [4.69, 9.17) is 0 Å². The van der Waals surface area contributed by atoms with Crippen molar-refractivity contribution in [3.8, 4) is 0 Å². The number of anilines is 2. The van der Waals surface area contributed by atoms with Crippen LogP contribution in [0.25, 0.3) is 0 Å². The molecule has 1 aliphatic rings. The monoisotopic (exact) mass is 389 g/mol. The minimum Gasteiger partial charge on any atom is -0.381 e. The molecule has 3 aromatic carbocycles. The van der Waals surface area contributed by atoms with Crippen molar-refractivity contribution in [1.29, 1.82) is 0 Å². The molecular weight excluding hydrogens is 365 g/mol. The lowest BCUT2D eigenvalue weighted by atomic mass is 10.1. The summed E-state index contributed by atoms with van der Waals surface area (Å²) in [4.78, 5) is 17.0. The van der Waals surface area contributed by atoms with Gasteiger partial charge < -0.3 is 15.1 Å². The quantitative estimate of drug-likeness (QED) is 0.703.